The first-order valence-electron chi connectivity index (χ1n) is 7.51. The van der Waals surface area contributed by atoms with Gasteiger partial charge >= 0.3 is 5.97 Å². The summed E-state index contributed by atoms with van der Waals surface area (Å²) < 4.78 is 24.7. The highest BCUT2D eigenvalue weighted by Crippen LogP contribution is 2.29. The van der Waals surface area contributed by atoms with Crippen LogP contribution in [0, 0.1) is 0 Å². The Morgan fingerprint density at radius 1 is 1.38 bits per heavy atom. The number of carboxylic acids is 1. The molecule has 4 N–H and O–H groups in total. The second-order valence-electron chi connectivity index (χ2n) is 5.69. The van der Waals surface area contributed by atoms with E-state index in [4.69, 9.17) is 10.8 Å². The molecule has 0 unspecified atom stereocenters. The minimum absolute atomic E-state index is 0.00138. The van der Waals surface area contributed by atoms with Crippen molar-refractivity contribution in [2.45, 2.75) is 23.4 Å². The number of amides is 2. The van der Waals surface area contributed by atoms with Crippen LogP contribution >= 0.6 is 0 Å². The van der Waals surface area contributed by atoms with Gasteiger partial charge in [0.15, 0.2) is 9.84 Å². The van der Waals surface area contributed by atoms with Crippen LogP contribution in [0.15, 0.2) is 29.2 Å². The molecule has 26 heavy (non-hydrogen) atoms. The van der Waals surface area contributed by atoms with Gasteiger partial charge in [-0.15, -0.1) is 0 Å². The maximum atomic E-state index is 12.5. The average Bonchev–Trinajstić information content (AvgIpc) is 2.63. The molecule has 10 nitrogen and oxygen atoms in total. The Kier molecular flexibility index (Phi) is 5.73. The molecule has 0 saturated carbocycles. The summed E-state index contributed by atoms with van der Waals surface area (Å²) in [5, 5.41) is 10.9. The standard InChI is InChI=1S/C15H17N3O7S/c16-10-8-26(24,25)12-4-2-1-3-11(12)18(15(10)23)6-13(20)17-9(7-19)5-14(21)22/h1-4,7,9-10H,5-6,8,16H2,(H,17,20)(H,21,22)/t9-,10-/m0/s1. The smallest absolute Gasteiger partial charge is 0.305 e. The summed E-state index contributed by atoms with van der Waals surface area (Å²) in [4.78, 5) is 46.9. The molecule has 0 saturated heterocycles. The van der Waals surface area contributed by atoms with Gasteiger partial charge in [0, 0.05) is 0 Å². The van der Waals surface area contributed by atoms with E-state index in [1.165, 1.54) is 24.3 Å². The van der Waals surface area contributed by atoms with Crippen molar-refractivity contribution < 1.29 is 32.7 Å². The lowest BCUT2D eigenvalue weighted by Crippen LogP contribution is -2.50. The third-order valence-electron chi connectivity index (χ3n) is 3.68. The third kappa shape index (κ3) is 4.24. The molecule has 2 amide bonds. The van der Waals surface area contributed by atoms with Crippen molar-refractivity contribution in [3.05, 3.63) is 24.3 Å². The lowest BCUT2D eigenvalue weighted by molar-refractivity contribution is -0.138. The second-order valence-corrected chi connectivity index (χ2v) is 7.69. The van der Waals surface area contributed by atoms with Crippen LogP contribution in [0.5, 0.6) is 0 Å². The van der Waals surface area contributed by atoms with E-state index in [-0.39, 0.29) is 16.9 Å². The number of aliphatic carboxylic acids is 1. The van der Waals surface area contributed by atoms with Crippen molar-refractivity contribution in [3.63, 3.8) is 0 Å². The number of nitrogens with zero attached hydrogens (tertiary/aromatic N) is 1. The largest absolute Gasteiger partial charge is 0.481 e. The van der Waals surface area contributed by atoms with Crippen molar-refractivity contribution >= 4 is 39.6 Å². The Morgan fingerprint density at radius 3 is 2.65 bits per heavy atom. The van der Waals surface area contributed by atoms with Gasteiger partial charge in [-0.1, -0.05) is 12.1 Å². The number of fused-ring (bicyclic) bond motifs is 1. The number of carbonyl (C=O) groups is 4. The highest BCUT2D eigenvalue weighted by molar-refractivity contribution is 7.91. The van der Waals surface area contributed by atoms with Gasteiger partial charge in [0.1, 0.15) is 12.8 Å². The summed E-state index contributed by atoms with van der Waals surface area (Å²) in [5.74, 6) is -3.48. The fourth-order valence-corrected chi connectivity index (χ4v) is 4.12. The van der Waals surface area contributed by atoms with Crippen molar-refractivity contribution in [3.8, 4) is 0 Å². The van der Waals surface area contributed by atoms with Gasteiger partial charge in [-0.3, -0.25) is 14.4 Å². The fraction of sp³-hybridized carbons (Fsp3) is 0.333. The number of hydrogen-bond acceptors (Lipinski definition) is 7. The molecule has 1 aliphatic heterocycles. The maximum Gasteiger partial charge on any atom is 0.305 e. The summed E-state index contributed by atoms with van der Waals surface area (Å²) in [6.45, 7) is -0.608. The summed E-state index contributed by atoms with van der Waals surface area (Å²) in [6, 6.07) is 3.02. The SMILES string of the molecule is N[C@H]1CS(=O)(=O)c2ccccc2N(CC(=O)N[C@H](C=O)CC(=O)O)C1=O. The van der Waals surface area contributed by atoms with Gasteiger partial charge in [0.05, 0.1) is 34.8 Å². The van der Waals surface area contributed by atoms with E-state index in [0.717, 1.165) is 4.90 Å². The quantitative estimate of drug-likeness (QED) is 0.489. The lowest BCUT2D eigenvalue weighted by Gasteiger charge is -2.24. The molecule has 1 aromatic carbocycles. The summed E-state index contributed by atoms with van der Waals surface area (Å²) in [5.41, 5.74) is 5.66. The van der Waals surface area contributed by atoms with Gasteiger partial charge in [0.2, 0.25) is 11.8 Å². The zero-order valence-corrected chi connectivity index (χ0v) is 14.3. The first-order valence-corrected chi connectivity index (χ1v) is 9.16. The van der Waals surface area contributed by atoms with Crippen molar-refractivity contribution in [1.82, 2.24) is 5.32 Å². The van der Waals surface area contributed by atoms with E-state index in [1.807, 2.05) is 0 Å². The molecule has 1 aromatic rings. The summed E-state index contributed by atoms with van der Waals surface area (Å²) >= 11 is 0. The van der Waals surface area contributed by atoms with E-state index in [9.17, 15) is 27.6 Å². The van der Waals surface area contributed by atoms with Gasteiger partial charge < -0.3 is 25.9 Å². The zero-order valence-electron chi connectivity index (χ0n) is 13.5. The van der Waals surface area contributed by atoms with Crippen molar-refractivity contribution in [2.24, 2.45) is 5.73 Å². The summed E-state index contributed by atoms with van der Waals surface area (Å²) in [6.07, 6.45) is -0.353. The molecule has 0 bridgehead atoms. The number of carboxylic acid groups (broad SMARTS) is 1. The van der Waals surface area contributed by atoms with Crippen LogP contribution in [-0.4, -0.2) is 62.0 Å². The number of para-hydroxylation sites is 1. The number of nitrogens with two attached hydrogens (primary N) is 1. The minimum Gasteiger partial charge on any atom is -0.481 e. The monoisotopic (exact) mass is 383 g/mol. The Morgan fingerprint density at radius 2 is 2.04 bits per heavy atom. The average molecular weight is 383 g/mol. The number of hydrogen-bond donors (Lipinski definition) is 3. The minimum atomic E-state index is -3.83. The first-order chi connectivity index (χ1) is 12.2. The number of aldehydes is 1. The Hall–Kier alpha value is -2.79. The van der Waals surface area contributed by atoms with Crippen LogP contribution in [0.3, 0.4) is 0 Å². The van der Waals surface area contributed by atoms with Crippen LogP contribution in [-0.2, 0) is 29.0 Å². The van der Waals surface area contributed by atoms with E-state index >= 15 is 0 Å². The van der Waals surface area contributed by atoms with E-state index < -0.39 is 58.4 Å². The first kappa shape index (κ1) is 19.5. The molecule has 0 aromatic heterocycles. The molecule has 0 radical (unpaired) electrons. The van der Waals surface area contributed by atoms with Crippen molar-refractivity contribution in [1.29, 1.82) is 0 Å². The number of rotatable bonds is 6. The number of sulfone groups is 1. The Labute approximate surface area is 148 Å². The molecule has 2 rings (SSSR count). The zero-order chi connectivity index (χ0) is 19.5. The van der Waals surface area contributed by atoms with E-state index in [1.54, 1.807) is 0 Å². The molecule has 11 heteroatoms. The maximum absolute atomic E-state index is 12.5. The number of carbonyl (C=O) groups excluding carboxylic acids is 3. The molecule has 0 spiro atoms. The van der Waals surface area contributed by atoms with E-state index in [0.29, 0.717) is 0 Å². The molecular weight excluding hydrogens is 366 g/mol. The van der Waals surface area contributed by atoms with Gasteiger partial charge in [-0.25, -0.2) is 8.42 Å². The highest BCUT2D eigenvalue weighted by Gasteiger charge is 2.36. The highest BCUT2D eigenvalue weighted by atomic mass is 32.2. The second kappa shape index (κ2) is 7.62. The van der Waals surface area contributed by atoms with Gasteiger partial charge in [-0.05, 0) is 12.1 Å². The molecule has 0 fully saturated rings. The predicted molar refractivity (Wildman–Crippen MR) is 89.1 cm³/mol. The fourth-order valence-electron chi connectivity index (χ4n) is 2.54. The molecule has 140 valence electrons. The van der Waals surface area contributed by atoms with Gasteiger partial charge in [-0.2, -0.15) is 0 Å². The van der Waals surface area contributed by atoms with Crippen LogP contribution in [0.4, 0.5) is 5.69 Å². The van der Waals surface area contributed by atoms with Crippen LogP contribution in [0.25, 0.3) is 0 Å². The van der Waals surface area contributed by atoms with Crippen molar-refractivity contribution in [2.75, 3.05) is 17.2 Å². The molecular formula is C15H17N3O7S. The number of nitrogens with one attached hydrogen (secondary N) is 1. The Bertz CT molecular complexity index is 853. The lowest BCUT2D eigenvalue weighted by atomic mass is 10.2. The van der Waals surface area contributed by atoms with E-state index in [2.05, 4.69) is 5.32 Å². The van der Waals surface area contributed by atoms with Crippen LogP contribution in [0.2, 0.25) is 0 Å². The normalized spacial score (nSPS) is 19.8. The molecule has 2 atom stereocenters. The molecule has 1 aliphatic rings. The van der Waals surface area contributed by atoms with Crippen LogP contribution in [0.1, 0.15) is 6.42 Å². The Balaban J connectivity index is 2.31. The number of anilines is 1. The third-order valence-corrected chi connectivity index (χ3v) is 5.49. The number of benzene rings is 1. The molecule has 0 aliphatic carbocycles. The van der Waals surface area contributed by atoms with Gasteiger partial charge in [0.25, 0.3) is 0 Å². The van der Waals surface area contributed by atoms with Crippen LogP contribution < -0.4 is 16.0 Å². The topological polar surface area (TPSA) is 164 Å². The molecule has 1 heterocycles. The predicted octanol–water partition coefficient (Wildman–Crippen LogP) is -1.71. The summed E-state index contributed by atoms with van der Waals surface area (Å²) in [7, 11) is -3.83.